The standard InChI is InChI=1S/C15H27N3/c1-8-18(7)14-13(10-16-15(4,5)6)11(2)9-12(3)17-14/h9,16H,8,10H2,1-7H3. The number of aryl methyl sites for hydroxylation is 2. The van der Waals surface area contributed by atoms with E-state index in [0.29, 0.717) is 0 Å². The molecular formula is C15H27N3. The number of nitrogens with one attached hydrogen (secondary N) is 1. The van der Waals surface area contributed by atoms with E-state index < -0.39 is 0 Å². The fourth-order valence-corrected chi connectivity index (χ4v) is 1.88. The van der Waals surface area contributed by atoms with Gasteiger partial charge in [-0.25, -0.2) is 4.98 Å². The monoisotopic (exact) mass is 249 g/mol. The summed E-state index contributed by atoms with van der Waals surface area (Å²) in [4.78, 5) is 6.90. The second-order valence-electron chi connectivity index (χ2n) is 6.00. The van der Waals surface area contributed by atoms with Crippen molar-refractivity contribution in [2.75, 3.05) is 18.5 Å². The topological polar surface area (TPSA) is 28.2 Å². The summed E-state index contributed by atoms with van der Waals surface area (Å²) in [5, 5.41) is 3.55. The van der Waals surface area contributed by atoms with Crippen molar-refractivity contribution >= 4 is 5.82 Å². The molecule has 0 aromatic carbocycles. The maximum atomic E-state index is 4.69. The Hall–Kier alpha value is -1.09. The van der Waals surface area contributed by atoms with Crippen LogP contribution in [0.2, 0.25) is 0 Å². The van der Waals surface area contributed by atoms with Gasteiger partial charge in [0.15, 0.2) is 0 Å². The molecule has 0 spiro atoms. The molecule has 0 atom stereocenters. The summed E-state index contributed by atoms with van der Waals surface area (Å²) in [7, 11) is 2.10. The van der Waals surface area contributed by atoms with Crippen LogP contribution in [0.15, 0.2) is 6.07 Å². The van der Waals surface area contributed by atoms with Gasteiger partial charge in [-0.3, -0.25) is 0 Å². The first kappa shape index (κ1) is 15.0. The Morgan fingerprint density at radius 1 is 1.28 bits per heavy atom. The number of anilines is 1. The van der Waals surface area contributed by atoms with E-state index in [4.69, 9.17) is 4.98 Å². The summed E-state index contributed by atoms with van der Waals surface area (Å²) in [6.45, 7) is 14.8. The second kappa shape index (κ2) is 5.70. The van der Waals surface area contributed by atoms with E-state index in [-0.39, 0.29) is 5.54 Å². The molecule has 0 bridgehead atoms. The molecule has 0 unspecified atom stereocenters. The van der Waals surface area contributed by atoms with Gasteiger partial charge >= 0.3 is 0 Å². The van der Waals surface area contributed by atoms with Gasteiger partial charge in [0, 0.05) is 36.9 Å². The average molecular weight is 249 g/mol. The average Bonchev–Trinajstić information content (AvgIpc) is 2.24. The summed E-state index contributed by atoms with van der Waals surface area (Å²) < 4.78 is 0. The van der Waals surface area contributed by atoms with Crippen molar-refractivity contribution in [2.24, 2.45) is 0 Å². The first-order valence-corrected chi connectivity index (χ1v) is 6.68. The fourth-order valence-electron chi connectivity index (χ4n) is 1.88. The van der Waals surface area contributed by atoms with E-state index in [9.17, 15) is 0 Å². The van der Waals surface area contributed by atoms with Crippen LogP contribution >= 0.6 is 0 Å². The molecule has 1 heterocycles. The second-order valence-corrected chi connectivity index (χ2v) is 6.00. The summed E-state index contributed by atoms with van der Waals surface area (Å²) >= 11 is 0. The van der Waals surface area contributed by atoms with Crippen LogP contribution in [-0.2, 0) is 6.54 Å². The molecule has 0 saturated heterocycles. The van der Waals surface area contributed by atoms with Crippen LogP contribution in [0, 0.1) is 13.8 Å². The van der Waals surface area contributed by atoms with E-state index in [1.807, 2.05) is 0 Å². The van der Waals surface area contributed by atoms with Crippen molar-refractivity contribution in [1.82, 2.24) is 10.3 Å². The highest BCUT2D eigenvalue weighted by Crippen LogP contribution is 2.22. The predicted octanol–water partition coefficient (Wildman–Crippen LogP) is 3.04. The number of pyridine rings is 1. The number of aromatic nitrogens is 1. The molecule has 18 heavy (non-hydrogen) atoms. The largest absolute Gasteiger partial charge is 0.360 e. The number of hydrogen-bond donors (Lipinski definition) is 1. The highest BCUT2D eigenvalue weighted by molar-refractivity contribution is 5.51. The van der Waals surface area contributed by atoms with Crippen LogP contribution in [0.1, 0.15) is 44.5 Å². The van der Waals surface area contributed by atoms with Crippen LogP contribution < -0.4 is 10.2 Å². The molecule has 0 amide bonds. The summed E-state index contributed by atoms with van der Waals surface area (Å²) in [6.07, 6.45) is 0. The lowest BCUT2D eigenvalue weighted by molar-refractivity contribution is 0.423. The van der Waals surface area contributed by atoms with Crippen molar-refractivity contribution in [3.8, 4) is 0 Å². The van der Waals surface area contributed by atoms with Gasteiger partial charge in [-0.05, 0) is 53.2 Å². The lowest BCUT2D eigenvalue weighted by atomic mass is 10.1. The highest BCUT2D eigenvalue weighted by Gasteiger charge is 2.15. The maximum absolute atomic E-state index is 4.69. The molecule has 0 radical (unpaired) electrons. The first-order valence-electron chi connectivity index (χ1n) is 6.68. The van der Waals surface area contributed by atoms with Gasteiger partial charge in [-0.2, -0.15) is 0 Å². The molecule has 0 aliphatic heterocycles. The Bertz CT molecular complexity index is 405. The fraction of sp³-hybridized carbons (Fsp3) is 0.667. The van der Waals surface area contributed by atoms with E-state index in [2.05, 4.69) is 64.9 Å². The van der Waals surface area contributed by atoms with Gasteiger partial charge in [-0.15, -0.1) is 0 Å². The van der Waals surface area contributed by atoms with E-state index in [1.165, 1.54) is 11.1 Å². The zero-order valence-electron chi connectivity index (χ0n) is 12.9. The SMILES string of the molecule is CCN(C)c1nc(C)cc(C)c1CNC(C)(C)C. The molecule has 0 aliphatic carbocycles. The predicted molar refractivity (Wildman–Crippen MR) is 79.2 cm³/mol. The van der Waals surface area contributed by atoms with Gasteiger partial charge in [0.25, 0.3) is 0 Å². The molecule has 3 nitrogen and oxygen atoms in total. The van der Waals surface area contributed by atoms with E-state index in [0.717, 1.165) is 24.6 Å². The first-order chi connectivity index (χ1) is 8.24. The molecule has 1 rings (SSSR count). The molecule has 1 aromatic heterocycles. The van der Waals surface area contributed by atoms with Crippen LogP contribution in [0.4, 0.5) is 5.82 Å². The Morgan fingerprint density at radius 3 is 2.39 bits per heavy atom. The van der Waals surface area contributed by atoms with Crippen molar-refractivity contribution < 1.29 is 0 Å². The van der Waals surface area contributed by atoms with Crippen molar-refractivity contribution in [1.29, 1.82) is 0 Å². The van der Waals surface area contributed by atoms with Crippen LogP contribution in [-0.4, -0.2) is 24.1 Å². The number of rotatable bonds is 4. The lowest BCUT2D eigenvalue weighted by Gasteiger charge is -2.25. The Labute approximate surface area is 112 Å². The quantitative estimate of drug-likeness (QED) is 0.889. The van der Waals surface area contributed by atoms with Crippen molar-refractivity contribution in [2.45, 2.75) is 53.6 Å². The van der Waals surface area contributed by atoms with E-state index in [1.54, 1.807) is 0 Å². The zero-order valence-corrected chi connectivity index (χ0v) is 12.9. The van der Waals surface area contributed by atoms with Crippen LogP contribution in [0.3, 0.4) is 0 Å². The highest BCUT2D eigenvalue weighted by atomic mass is 15.2. The Balaban J connectivity index is 3.08. The van der Waals surface area contributed by atoms with Gasteiger partial charge in [0.05, 0.1) is 0 Å². The van der Waals surface area contributed by atoms with Crippen molar-refractivity contribution in [3.63, 3.8) is 0 Å². The smallest absolute Gasteiger partial charge is 0.133 e. The summed E-state index contributed by atoms with van der Waals surface area (Å²) in [5.41, 5.74) is 3.83. The minimum Gasteiger partial charge on any atom is -0.360 e. The van der Waals surface area contributed by atoms with Gasteiger partial charge in [-0.1, -0.05) is 0 Å². The van der Waals surface area contributed by atoms with E-state index >= 15 is 0 Å². The normalized spacial score (nSPS) is 11.7. The van der Waals surface area contributed by atoms with Gasteiger partial charge in [0.1, 0.15) is 5.82 Å². The third-order valence-corrected chi connectivity index (χ3v) is 3.08. The Kier molecular flexibility index (Phi) is 4.74. The number of hydrogen-bond acceptors (Lipinski definition) is 3. The van der Waals surface area contributed by atoms with Crippen LogP contribution in [0.25, 0.3) is 0 Å². The lowest BCUT2D eigenvalue weighted by Crippen LogP contribution is -2.36. The minimum atomic E-state index is 0.124. The molecular weight excluding hydrogens is 222 g/mol. The molecule has 102 valence electrons. The molecule has 0 saturated carbocycles. The minimum absolute atomic E-state index is 0.124. The zero-order chi connectivity index (χ0) is 13.9. The number of nitrogens with zero attached hydrogens (tertiary/aromatic N) is 2. The third-order valence-electron chi connectivity index (χ3n) is 3.08. The third kappa shape index (κ3) is 3.98. The molecule has 3 heteroatoms. The summed E-state index contributed by atoms with van der Waals surface area (Å²) in [6, 6.07) is 2.16. The molecule has 0 fully saturated rings. The maximum Gasteiger partial charge on any atom is 0.133 e. The van der Waals surface area contributed by atoms with Crippen molar-refractivity contribution in [3.05, 3.63) is 22.9 Å². The molecule has 0 aliphatic rings. The Morgan fingerprint density at radius 2 is 1.89 bits per heavy atom. The molecule has 1 N–H and O–H groups in total. The van der Waals surface area contributed by atoms with Crippen LogP contribution in [0.5, 0.6) is 0 Å². The van der Waals surface area contributed by atoms with Gasteiger partial charge in [0.2, 0.25) is 0 Å². The summed E-state index contributed by atoms with van der Waals surface area (Å²) in [5.74, 6) is 1.10. The molecule has 1 aromatic rings. The van der Waals surface area contributed by atoms with Gasteiger partial charge < -0.3 is 10.2 Å².